The first-order valence-corrected chi connectivity index (χ1v) is 11.7. The minimum Gasteiger partial charge on any atom is -0.486 e. The van der Waals surface area contributed by atoms with Gasteiger partial charge in [0.2, 0.25) is 0 Å². The summed E-state index contributed by atoms with van der Waals surface area (Å²) < 4.78 is 12.6. The van der Waals surface area contributed by atoms with Gasteiger partial charge in [-0.05, 0) is 53.3 Å². The summed E-state index contributed by atoms with van der Waals surface area (Å²) >= 11 is 6.03. The lowest BCUT2D eigenvalue weighted by molar-refractivity contribution is 0.0964. The molecule has 1 atom stereocenters. The van der Waals surface area contributed by atoms with Crippen LogP contribution in [0.1, 0.15) is 39.4 Å². The highest BCUT2D eigenvalue weighted by Gasteiger charge is 2.30. The van der Waals surface area contributed by atoms with Crippen LogP contribution in [0.25, 0.3) is 11.0 Å². The van der Waals surface area contributed by atoms with Crippen molar-refractivity contribution >= 4 is 28.4 Å². The summed E-state index contributed by atoms with van der Waals surface area (Å²) in [7, 11) is 0. The molecule has 1 aliphatic carbocycles. The third-order valence-corrected chi connectivity index (χ3v) is 6.84. The van der Waals surface area contributed by atoms with Crippen LogP contribution >= 0.6 is 11.6 Å². The van der Waals surface area contributed by atoms with Crippen molar-refractivity contribution in [3.63, 3.8) is 0 Å². The molecule has 2 aliphatic rings. The molecular weight excluding hydrogens is 470 g/mol. The molecule has 1 unspecified atom stereocenters. The minimum absolute atomic E-state index is 0.0791. The number of hydrogen-bond acceptors (Lipinski definition) is 6. The average molecular weight is 490 g/mol. The van der Waals surface area contributed by atoms with E-state index >= 15 is 0 Å². The summed E-state index contributed by atoms with van der Waals surface area (Å²) in [6.07, 6.45) is 2.28. The topological polar surface area (TPSA) is 103 Å². The molecule has 0 saturated carbocycles. The number of ether oxygens (including phenoxy) is 2. The van der Waals surface area contributed by atoms with E-state index in [0.29, 0.717) is 53.7 Å². The summed E-state index contributed by atoms with van der Waals surface area (Å²) in [5.41, 5.74) is 1.94. The van der Waals surface area contributed by atoms with Crippen LogP contribution in [0.3, 0.4) is 0 Å². The van der Waals surface area contributed by atoms with E-state index < -0.39 is 11.2 Å². The van der Waals surface area contributed by atoms with Crippen LogP contribution in [0.2, 0.25) is 5.02 Å². The van der Waals surface area contributed by atoms with Crippen molar-refractivity contribution in [1.82, 2.24) is 14.5 Å². The highest BCUT2D eigenvalue weighted by molar-refractivity contribution is 6.30. The number of H-pyrrole nitrogens is 1. The normalized spacial score (nSPS) is 16.8. The number of aromatic amines is 1. The Morgan fingerprint density at radius 1 is 1.00 bits per heavy atom. The van der Waals surface area contributed by atoms with E-state index in [4.69, 9.17) is 21.1 Å². The van der Waals surface area contributed by atoms with Gasteiger partial charge in [-0.1, -0.05) is 29.8 Å². The number of ketones is 1. The van der Waals surface area contributed by atoms with Gasteiger partial charge in [-0.15, -0.1) is 0 Å². The molecule has 2 aromatic heterocycles. The molecule has 2 aromatic carbocycles. The zero-order chi connectivity index (χ0) is 24.1. The monoisotopic (exact) mass is 489 g/mol. The van der Waals surface area contributed by atoms with Gasteiger partial charge in [-0.25, -0.2) is 9.78 Å². The van der Waals surface area contributed by atoms with Crippen molar-refractivity contribution in [2.75, 3.05) is 13.2 Å². The molecule has 8 nitrogen and oxygen atoms in total. The number of carbonyl (C=O) groups excluding carboxylic acids is 1. The lowest BCUT2D eigenvalue weighted by Gasteiger charge is -2.25. The second kappa shape index (κ2) is 8.39. The summed E-state index contributed by atoms with van der Waals surface area (Å²) in [6, 6.07) is 12.8. The number of aromatic nitrogens is 3. The molecule has 0 radical (unpaired) electrons. The Morgan fingerprint density at radius 3 is 2.57 bits per heavy atom. The Bertz CT molecular complexity index is 1610. The van der Waals surface area contributed by atoms with Gasteiger partial charge in [-0.3, -0.25) is 19.1 Å². The second-order valence-corrected chi connectivity index (χ2v) is 9.19. The molecule has 0 bridgehead atoms. The van der Waals surface area contributed by atoms with Gasteiger partial charge in [-0.2, -0.15) is 0 Å². The van der Waals surface area contributed by atoms with Crippen LogP contribution in [0.4, 0.5) is 0 Å². The predicted molar refractivity (Wildman–Crippen MR) is 130 cm³/mol. The predicted octanol–water partition coefficient (Wildman–Crippen LogP) is 3.47. The van der Waals surface area contributed by atoms with E-state index in [1.807, 2.05) is 24.3 Å². The highest BCUT2D eigenvalue weighted by Crippen LogP contribution is 2.35. The maximum Gasteiger partial charge on any atom is 0.330 e. The van der Waals surface area contributed by atoms with Gasteiger partial charge in [0, 0.05) is 23.2 Å². The third kappa shape index (κ3) is 3.80. The molecule has 1 aliphatic heterocycles. The lowest BCUT2D eigenvalue weighted by atomic mass is 9.79. The highest BCUT2D eigenvalue weighted by atomic mass is 35.5. The first-order valence-electron chi connectivity index (χ1n) is 11.3. The van der Waals surface area contributed by atoms with E-state index in [1.54, 1.807) is 18.2 Å². The lowest BCUT2D eigenvalue weighted by Crippen LogP contribution is -2.33. The Labute approximate surface area is 204 Å². The van der Waals surface area contributed by atoms with Crippen molar-refractivity contribution in [3.05, 3.63) is 96.8 Å². The molecule has 1 N–H and O–H groups in total. The molecule has 176 valence electrons. The fourth-order valence-corrected chi connectivity index (χ4v) is 5.02. The van der Waals surface area contributed by atoms with Crippen LogP contribution in [0.15, 0.2) is 58.3 Å². The number of hydrogen-bond donors (Lipinski definition) is 1. The van der Waals surface area contributed by atoms with E-state index in [-0.39, 0.29) is 29.3 Å². The van der Waals surface area contributed by atoms with Gasteiger partial charge in [0.15, 0.2) is 17.3 Å². The van der Waals surface area contributed by atoms with Gasteiger partial charge in [0.1, 0.15) is 18.9 Å². The summed E-state index contributed by atoms with van der Waals surface area (Å²) in [6.45, 7) is 1.11. The summed E-state index contributed by atoms with van der Waals surface area (Å²) in [5.74, 6) is 1.08. The fourth-order valence-electron chi connectivity index (χ4n) is 4.89. The molecule has 3 heterocycles. The Morgan fingerprint density at radius 2 is 1.77 bits per heavy atom. The Kier molecular flexibility index (Phi) is 5.18. The van der Waals surface area contributed by atoms with Gasteiger partial charge in [0.25, 0.3) is 5.56 Å². The van der Waals surface area contributed by atoms with Crippen molar-refractivity contribution in [2.24, 2.45) is 0 Å². The average Bonchev–Trinajstić information content (AvgIpc) is 2.86. The van der Waals surface area contributed by atoms with Crippen LogP contribution in [-0.4, -0.2) is 33.5 Å². The van der Waals surface area contributed by atoms with E-state index in [1.165, 1.54) is 10.8 Å². The van der Waals surface area contributed by atoms with E-state index in [0.717, 1.165) is 11.1 Å². The standard InChI is InChI=1S/C26H20ClN3O5/c27-17-4-2-15(3-5-17)16-10-18-19(20(31)11-16)12-28-24-23(18)25(32)29-26(33)30(24)13-14-1-6-21-22(9-14)35-8-7-34-21/h1-6,9,12,16H,7-8,10-11,13H2,(H,29,32,33). The zero-order valence-corrected chi connectivity index (χ0v) is 19.3. The van der Waals surface area contributed by atoms with Crippen LogP contribution < -0.4 is 20.7 Å². The number of carbonyl (C=O) groups is 1. The number of nitrogens with one attached hydrogen (secondary N) is 1. The number of nitrogens with zero attached hydrogens (tertiary/aromatic N) is 2. The van der Waals surface area contributed by atoms with E-state index in [9.17, 15) is 14.4 Å². The van der Waals surface area contributed by atoms with Crippen molar-refractivity contribution in [3.8, 4) is 11.5 Å². The summed E-state index contributed by atoms with van der Waals surface area (Å²) in [5, 5.41) is 0.886. The maximum absolute atomic E-state index is 13.0. The van der Waals surface area contributed by atoms with Gasteiger partial charge >= 0.3 is 5.69 Å². The molecule has 0 spiro atoms. The quantitative estimate of drug-likeness (QED) is 0.472. The molecule has 4 aromatic rings. The van der Waals surface area contributed by atoms with Crippen molar-refractivity contribution in [1.29, 1.82) is 0 Å². The number of halogens is 1. The van der Waals surface area contributed by atoms with Crippen LogP contribution in [0, 0.1) is 0 Å². The van der Waals surface area contributed by atoms with Crippen molar-refractivity contribution < 1.29 is 14.3 Å². The molecular formula is C26H20ClN3O5. The molecule has 0 fully saturated rings. The molecule has 0 amide bonds. The molecule has 6 rings (SSSR count). The number of benzene rings is 2. The SMILES string of the molecule is O=C1CC(c2ccc(Cl)cc2)Cc2c1cnc1c2c(=O)[nH]c(=O)n1Cc1ccc2c(c1)OCCO2. The van der Waals surface area contributed by atoms with Crippen molar-refractivity contribution in [2.45, 2.75) is 25.3 Å². The largest absolute Gasteiger partial charge is 0.486 e. The van der Waals surface area contributed by atoms with Crippen LogP contribution in [-0.2, 0) is 13.0 Å². The molecule has 0 saturated heterocycles. The summed E-state index contributed by atoms with van der Waals surface area (Å²) in [4.78, 5) is 45.6. The first-order chi connectivity index (χ1) is 17.0. The first kappa shape index (κ1) is 21.6. The molecule has 9 heteroatoms. The number of fused-ring (bicyclic) bond motifs is 4. The minimum atomic E-state index is -0.568. The smallest absolute Gasteiger partial charge is 0.330 e. The molecule has 35 heavy (non-hydrogen) atoms. The number of pyridine rings is 1. The maximum atomic E-state index is 13.0. The van der Waals surface area contributed by atoms with Gasteiger partial charge < -0.3 is 9.47 Å². The van der Waals surface area contributed by atoms with E-state index in [2.05, 4.69) is 9.97 Å². The fraction of sp³-hybridized carbons (Fsp3) is 0.231. The zero-order valence-electron chi connectivity index (χ0n) is 18.5. The Balaban J connectivity index is 1.46. The number of Topliss-reactive ketones (excluding diaryl/α,β-unsaturated/α-hetero) is 1. The Hall–Kier alpha value is -3.91. The van der Waals surface area contributed by atoms with Gasteiger partial charge in [0.05, 0.1) is 11.9 Å². The third-order valence-electron chi connectivity index (χ3n) is 6.59. The van der Waals surface area contributed by atoms with Crippen LogP contribution in [0.5, 0.6) is 11.5 Å². The number of rotatable bonds is 3. The second-order valence-electron chi connectivity index (χ2n) is 8.75.